The lowest BCUT2D eigenvalue weighted by Gasteiger charge is -2.15. The third kappa shape index (κ3) is 3.51. The number of ketones is 1. The molecule has 6 heteroatoms. The van der Waals surface area contributed by atoms with E-state index < -0.39 is 24.3 Å². The Morgan fingerprint density at radius 2 is 1.43 bits per heavy atom. The number of nitrogens with one attached hydrogen (secondary N) is 1. The molecule has 0 aromatic heterocycles. The van der Waals surface area contributed by atoms with E-state index in [0.29, 0.717) is 16.8 Å². The Morgan fingerprint density at radius 3 is 2.07 bits per heavy atom. The van der Waals surface area contributed by atoms with Crippen molar-refractivity contribution in [2.75, 3.05) is 11.9 Å². The summed E-state index contributed by atoms with van der Waals surface area (Å²) in [6, 6.07) is 20.3. The molecule has 30 heavy (non-hydrogen) atoms. The Balaban J connectivity index is 1.55. The van der Waals surface area contributed by atoms with E-state index in [1.54, 1.807) is 66.7 Å². The summed E-state index contributed by atoms with van der Waals surface area (Å²) in [5.74, 6) is -1.80. The van der Waals surface area contributed by atoms with Gasteiger partial charge >= 0.3 is 0 Å². The SMILES string of the molecule is Cc1ccc(NC(=O)CN2C(=O)c3ccccc3C2=O)c(C(=O)c2ccccc2)c1. The largest absolute Gasteiger partial charge is 0.324 e. The van der Waals surface area contributed by atoms with Crippen molar-refractivity contribution in [3.05, 3.63) is 101 Å². The van der Waals surface area contributed by atoms with Crippen LogP contribution >= 0.6 is 0 Å². The highest BCUT2D eigenvalue weighted by Gasteiger charge is 2.36. The second kappa shape index (κ2) is 7.75. The van der Waals surface area contributed by atoms with Crippen molar-refractivity contribution in [2.24, 2.45) is 0 Å². The van der Waals surface area contributed by atoms with Gasteiger partial charge in [0.1, 0.15) is 6.54 Å². The molecule has 1 aliphatic rings. The van der Waals surface area contributed by atoms with Gasteiger partial charge in [0, 0.05) is 11.1 Å². The van der Waals surface area contributed by atoms with Crippen LogP contribution in [-0.2, 0) is 4.79 Å². The van der Waals surface area contributed by atoms with Crippen LogP contribution in [0, 0.1) is 6.92 Å². The number of fused-ring (bicyclic) bond motifs is 1. The fraction of sp³-hybridized carbons (Fsp3) is 0.0833. The van der Waals surface area contributed by atoms with Crippen LogP contribution in [0.2, 0.25) is 0 Å². The minimum absolute atomic E-state index is 0.227. The third-order valence-corrected chi connectivity index (χ3v) is 4.91. The van der Waals surface area contributed by atoms with Crippen LogP contribution in [0.4, 0.5) is 5.69 Å². The molecule has 0 spiro atoms. The molecule has 1 N–H and O–H groups in total. The third-order valence-electron chi connectivity index (χ3n) is 4.91. The summed E-state index contributed by atoms with van der Waals surface area (Å²) in [4.78, 5) is 51.4. The monoisotopic (exact) mass is 398 g/mol. The summed E-state index contributed by atoms with van der Waals surface area (Å²) in [6.45, 7) is 1.42. The zero-order valence-electron chi connectivity index (χ0n) is 16.2. The smallest absolute Gasteiger partial charge is 0.262 e. The number of rotatable bonds is 5. The standard InChI is InChI=1S/C24H18N2O4/c1-15-11-12-20(19(13-15)22(28)16-7-3-2-4-8-16)25-21(27)14-26-23(29)17-9-5-6-10-18(17)24(26)30/h2-13H,14H2,1H3,(H,25,27). The van der Waals surface area contributed by atoms with E-state index in [0.717, 1.165) is 10.5 Å². The molecular formula is C24H18N2O4. The molecule has 0 atom stereocenters. The average molecular weight is 398 g/mol. The van der Waals surface area contributed by atoms with Crippen LogP contribution in [0.25, 0.3) is 0 Å². The summed E-state index contributed by atoms with van der Waals surface area (Å²) in [5.41, 5.74) is 2.61. The molecule has 0 saturated heterocycles. The molecule has 3 aromatic rings. The van der Waals surface area contributed by atoms with Gasteiger partial charge in [-0.15, -0.1) is 0 Å². The van der Waals surface area contributed by atoms with Crippen LogP contribution in [0.3, 0.4) is 0 Å². The average Bonchev–Trinajstić information content (AvgIpc) is 3.00. The van der Waals surface area contributed by atoms with Gasteiger partial charge in [-0.05, 0) is 31.2 Å². The van der Waals surface area contributed by atoms with Gasteiger partial charge in [0.25, 0.3) is 11.8 Å². The Kier molecular flexibility index (Phi) is 4.98. The van der Waals surface area contributed by atoms with Gasteiger partial charge in [-0.25, -0.2) is 0 Å². The lowest BCUT2D eigenvalue weighted by molar-refractivity contribution is -0.116. The van der Waals surface area contributed by atoms with Crippen LogP contribution < -0.4 is 5.32 Å². The molecule has 1 heterocycles. The quantitative estimate of drug-likeness (QED) is 0.527. The van der Waals surface area contributed by atoms with Gasteiger partial charge in [0.05, 0.1) is 16.8 Å². The van der Waals surface area contributed by atoms with E-state index in [-0.39, 0.29) is 16.9 Å². The number of hydrogen-bond donors (Lipinski definition) is 1. The molecule has 0 radical (unpaired) electrons. The lowest BCUT2D eigenvalue weighted by atomic mass is 9.99. The number of anilines is 1. The van der Waals surface area contributed by atoms with Crippen LogP contribution in [0.1, 0.15) is 42.2 Å². The highest BCUT2D eigenvalue weighted by molar-refractivity contribution is 6.23. The molecule has 1 aliphatic heterocycles. The van der Waals surface area contributed by atoms with Gasteiger partial charge < -0.3 is 5.32 Å². The van der Waals surface area contributed by atoms with Gasteiger partial charge in [-0.1, -0.05) is 54.1 Å². The van der Waals surface area contributed by atoms with Crippen molar-refractivity contribution in [2.45, 2.75) is 6.92 Å². The molecule has 0 bridgehead atoms. The van der Waals surface area contributed by atoms with Crippen molar-refractivity contribution >= 4 is 29.2 Å². The first-order valence-electron chi connectivity index (χ1n) is 9.41. The Morgan fingerprint density at radius 1 is 0.833 bits per heavy atom. The highest BCUT2D eigenvalue weighted by Crippen LogP contribution is 2.24. The number of carbonyl (C=O) groups excluding carboxylic acids is 4. The molecular weight excluding hydrogens is 380 g/mol. The molecule has 0 aliphatic carbocycles. The predicted molar refractivity (Wildman–Crippen MR) is 111 cm³/mol. The number of benzene rings is 3. The molecule has 4 rings (SSSR count). The number of imide groups is 1. The van der Waals surface area contributed by atoms with E-state index in [1.165, 1.54) is 0 Å². The lowest BCUT2D eigenvalue weighted by Crippen LogP contribution is -2.37. The van der Waals surface area contributed by atoms with E-state index in [4.69, 9.17) is 0 Å². The maximum atomic E-state index is 12.9. The Hall–Kier alpha value is -4.06. The predicted octanol–water partition coefficient (Wildman–Crippen LogP) is 3.46. The Labute approximate surface area is 173 Å². The van der Waals surface area contributed by atoms with Crippen molar-refractivity contribution in [1.82, 2.24) is 4.90 Å². The van der Waals surface area contributed by atoms with Crippen LogP contribution in [0.5, 0.6) is 0 Å². The second-order valence-corrected chi connectivity index (χ2v) is 7.03. The van der Waals surface area contributed by atoms with Crippen LogP contribution in [0.15, 0.2) is 72.8 Å². The summed E-state index contributed by atoms with van der Waals surface area (Å²) < 4.78 is 0. The van der Waals surface area contributed by atoms with E-state index in [9.17, 15) is 19.2 Å². The molecule has 0 fully saturated rings. The minimum Gasteiger partial charge on any atom is -0.324 e. The van der Waals surface area contributed by atoms with E-state index >= 15 is 0 Å². The van der Waals surface area contributed by atoms with Gasteiger partial charge in [0.15, 0.2) is 5.78 Å². The van der Waals surface area contributed by atoms with E-state index in [1.807, 2.05) is 13.0 Å². The minimum atomic E-state index is -0.560. The van der Waals surface area contributed by atoms with Crippen molar-refractivity contribution in [3.63, 3.8) is 0 Å². The van der Waals surface area contributed by atoms with Gasteiger partial charge in [0.2, 0.25) is 5.91 Å². The Bertz CT molecular complexity index is 1150. The van der Waals surface area contributed by atoms with Gasteiger partial charge in [-0.3, -0.25) is 24.1 Å². The number of carbonyl (C=O) groups is 4. The van der Waals surface area contributed by atoms with Crippen molar-refractivity contribution < 1.29 is 19.2 Å². The maximum absolute atomic E-state index is 12.9. The van der Waals surface area contributed by atoms with Gasteiger partial charge in [-0.2, -0.15) is 0 Å². The molecule has 148 valence electrons. The van der Waals surface area contributed by atoms with Crippen LogP contribution in [-0.4, -0.2) is 34.9 Å². The molecule has 0 saturated carbocycles. The normalized spacial score (nSPS) is 12.6. The second-order valence-electron chi connectivity index (χ2n) is 7.03. The zero-order valence-corrected chi connectivity index (χ0v) is 16.2. The molecule has 3 aromatic carbocycles. The molecule has 0 unspecified atom stereocenters. The summed E-state index contributed by atoms with van der Waals surface area (Å²) in [6.07, 6.45) is 0. The summed E-state index contributed by atoms with van der Waals surface area (Å²) in [7, 11) is 0. The number of hydrogen-bond acceptors (Lipinski definition) is 4. The number of amides is 3. The first kappa shape index (κ1) is 19.3. The number of nitrogens with zero attached hydrogens (tertiary/aromatic N) is 1. The first-order chi connectivity index (χ1) is 14.5. The zero-order chi connectivity index (χ0) is 21.3. The fourth-order valence-corrected chi connectivity index (χ4v) is 3.42. The number of aryl methyl sites for hydroxylation is 1. The van der Waals surface area contributed by atoms with E-state index in [2.05, 4.69) is 5.32 Å². The summed E-state index contributed by atoms with van der Waals surface area (Å²) in [5, 5.41) is 2.68. The maximum Gasteiger partial charge on any atom is 0.262 e. The highest BCUT2D eigenvalue weighted by atomic mass is 16.2. The van der Waals surface area contributed by atoms with Crippen molar-refractivity contribution in [3.8, 4) is 0 Å². The fourth-order valence-electron chi connectivity index (χ4n) is 3.42. The summed E-state index contributed by atoms with van der Waals surface area (Å²) >= 11 is 0. The topological polar surface area (TPSA) is 83.6 Å². The first-order valence-corrected chi connectivity index (χ1v) is 9.41. The molecule has 3 amide bonds. The van der Waals surface area contributed by atoms with Crippen molar-refractivity contribution in [1.29, 1.82) is 0 Å². The molecule has 6 nitrogen and oxygen atoms in total.